The maximum Gasteiger partial charge on any atom is 0.248 e. The van der Waals surface area contributed by atoms with Gasteiger partial charge in [-0.2, -0.15) is 0 Å². The third kappa shape index (κ3) is 3.69. The molecule has 0 aromatic carbocycles. The first-order chi connectivity index (χ1) is 8.66. The van der Waals surface area contributed by atoms with Crippen molar-refractivity contribution in [2.75, 3.05) is 32.8 Å². The highest BCUT2D eigenvalue weighted by atomic mass is 16.5. The van der Waals surface area contributed by atoms with Crippen molar-refractivity contribution < 1.29 is 9.53 Å². The second kappa shape index (κ2) is 6.53. The van der Waals surface area contributed by atoms with Crippen molar-refractivity contribution in [3.63, 3.8) is 0 Å². The van der Waals surface area contributed by atoms with E-state index < -0.39 is 0 Å². The van der Waals surface area contributed by atoms with Gasteiger partial charge in [-0.25, -0.2) is 0 Å². The van der Waals surface area contributed by atoms with Crippen LogP contribution in [0.1, 0.15) is 39.5 Å². The van der Waals surface area contributed by atoms with Crippen LogP contribution in [-0.2, 0) is 9.53 Å². The predicted octanol–water partition coefficient (Wildman–Crippen LogP) is 1.50. The molecule has 18 heavy (non-hydrogen) atoms. The second-order valence-electron chi connectivity index (χ2n) is 5.74. The third-order valence-corrected chi connectivity index (χ3v) is 3.95. The van der Waals surface area contributed by atoms with Gasteiger partial charge in [-0.15, -0.1) is 0 Å². The minimum atomic E-state index is 0.133. The molecule has 0 aromatic heterocycles. The number of likely N-dealkylation sites (tertiary alicyclic amines) is 2. The molecule has 2 heterocycles. The van der Waals surface area contributed by atoms with E-state index in [1.54, 1.807) is 0 Å². The fourth-order valence-electron chi connectivity index (χ4n) is 2.92. The fraction of sp³-hybridized carbons (Fsp3) is 0.929. The first-order valence-corrected chi connectivity index (χ1v) is 7.30. The summed E-state index contributed by atoms with van der Waals surface area (Å²) >= 11 is 0. The highest BCUT2D eigenvalue weighted by Gasteiger charge is 2.29. The lowest BCUT2D eigenvalue weighted by Crippen LogP contribution is -2.49. The van der Waals surface area contributed by atoms with Gasteiger partial charge in [0.2, 0.25) is 5.91 Å². The molecule has 2 rings (SSSR count). The zero-order valence-electron chi connectivity index (χ0n) is 11.7. The van der Waals surface area contributed by atoms with Gasteiger partial charge in [0.05, 0.1) is 6.10 Å². The Bertz CT molecular complexity index is 275. The molecule has 2 aliphatic rings. The van der Waals surface area contributed by atoms with Gasteiger partial charge in [-0.3, -0.25) is 9.69 Å². The molecule has 2 saturated heterocycles. The molecule has 104 valence electrons. The van der Waals surface area contributed by atoms with Crippen LogP contribution in [0.5, 0.6) is 0 Å². The summed E-state index contributed by atoms with van der Waals surface area (Å²) in [5, 5.41) is 0. The summed E-state index contributed by atoms with van der Waals surface area (Å²) < 4.78 is 5.41. The lowest BCUT2D eigenvalue weighted by Gasteiger charge is -2.37. The summed E-state index contributed by atoms with van der Waals surface area (Å²) in [7, 11) is 0. The first kappa shape index (κ1) is 13.8. The molecule has 0 N–H and O–H groups in total. The van der Waals surface area contributed by atoms with E-state index in [0.717, 1.165) is 19.5 Å². The molecule has 0 aromatic rings. The van der Waals surface area contributed by atoms with Crippen LogP contribution in [0.4, 0.5) is 0 Å². The smallest absolute Gasteiger partial charge is 0.248 e. The molecule has 1 unspecified atom stereocenters. The number of carbonyl (C=O) groups is 1. The Morgan fingerprint density at radius 1 is 1.22 bits per heavy atom. The summed E-state index contributed by atoms with van der Waals surface area (Å²) in [6, 6.07) is 0.587. The summed E-state index contributed by atoms with van der Waals surface area (Å²) in [6.07, 6.45) is 5.15. The van der Waals surface area contributed by atoms with Gasteiger partial charge in [-0.05, 0) is 52.6 Å². The van der Waals surface area contributed by atoms with E-state index in [4.69, 9.17) is 4.74 Å². The van der Waals surface area contributed by atoms with Crippen molar-refractivity contribution in [1.82, 2.24) is 9.80 Å². The number of hydrogen-bond donors (Lipinski definition) is 0. The number of hydrogen-bond acceptors (Lipinski definition) is 3. The van der Waals surface area contributed by atoms with Gasteiger partial charge in [0.1, 0.15) is 6.61 Å². The van der Waals surface area contributed by atoms with Gasteiger partial charge >= 0.3 is 0 Å². The molecule has 0 spiro atoms. The molecule has 0 radical (unpaired) electrons. The SMILES string of the molecule is CC(C)OCC(=O)N1CCCC(N2CCCC2)C1. The fourth-order valence-corrected chi connectivity index (χ4v) is 2.92. The zero-order valence-corrected chi connectivity index (χ0v) is 11.7. The van der Waals surface area contributed by atoms with Crippen LogP contribution < -0.4 is 0 Å². The minimum Gasteiger partial charge on any atom is -0.369 e. The number of piperidine rings is 1. The second-order valence-corrected chi connectivity index (χ2v) is 5.74. The van der Waals surface area contributed by atoms with Gasteiger partial charge in [0, 0.05) is 19.1 Å². The van der Waals surface area contributed by atoms with Crippen molar-refractivity contribution in [1.29, 1.82) is 0 Å². The largest absolute Gasteiger partial charge is 0.369 e. The van der Waals surface area contributed by atoms with Crippen molar-refractivity contribution in [2.45, 2.75) is 51.7 Å². The average molecular weight is 254 g/mol. The zero-order chi connectivity index (χ0) is 13.0. The maximum atomic E-state index is 12.0. The van der Waals surface area contributed by atoms with E-state index in [0.29, 0.717) is 6.04 Å². The molecule has 4 heteroatoms. The molecule has 0 bridgehead atoms. The van der Waals surface area contributed by atoms with Crippen LogP contribution in [0.2, 0.25) is 0 Å². The maximum absolute atomic E-state index is 12.0. The molecule has 1 atom stereocenters. The van der Waals surface area contributed by atoms with Gasteiger partial charge in [0.15, 0.2) is 0 Å². The van der Waals surface area contributed by atoms with E-state index in [1.807, 2.05) is 18.7 Å². The first-order valence-electron chi connectivity index (χ1n) is 7.30. The van der Waals surface area contributed by atoms with Crippen LogP contribution in [0.15, 0.2) is 0 Å². The molecule has 0 aliphatic carbocycles. The van der Waals surface area contributed by atoms with Crippen molar-refractivity contribution in [2.24, 2.45) is 0 Å². The summed E-state index contributed by atoms with van der Waals surface area (Å²) in [4.78, 5) is 16.6. The average Bonchev–Trinajstić information content (AvgIpc) is 2.90. The highest BCUT2D eigenvalue weighted by molar-refractivity contribution is 5.77. The quantitative estimate of drug-likeness (QED) is 0.762. The summed E-state index contributed by atoms with van der Waals surface area (Å²) in [6.45, 7) is 8.42. The molecular formula is C14H26N2O2. The van der Waals surface area contributed by atoms with Crippen molar-refractivity contribution >= 4 is 5.91 Å². The topological polar surface area (TPSA) is 32.8 Å². The molecule has 2 fully saturated rings. The van der Waals surface area contributed by atoms with Crippen LogP contribution in [0.3, 0.4) is 0 Å². The molecule has 2 aliphatic heterocycles. The normalized spacial score (nSPS) is 25.9. The van der Waals surface area contributed by atoms with E-state index in [9.17, 15) is 4.79 Å². The third-order valence-electron chi connectivity index (χ3n) is 3.95. The van der Waals surface area contributed by atoms with Crippen LogP contribution in [0, 0.1) is 0 Å². The summed E-state index contributed by atoms with van der Waals surface area (Å²) in [5.41, 5.74) is 0. The Morgan fingerprint density at radius 3 is 2.61 bits per heavy atom. The van der Waals surface area contributed by atoms with Crippen LogP contribution in [-0.4, -0.2) is 60.6 Å². The van der Waals surface area contributed by atoms with Crippen LogP contribution in [0.25, 0.3) is 0 Å². The van der Waals surface area contributed by atoms with Crippen molar-refractivity contribution in [3.05, 3.63) is 0 Å². The Balaban J connectivity index is 1.80. The predicted molar refractivity (Wildman–Crippen MR) is 71.5 cm³/mol. The number of carbonyl (C=O) groups excluding carboxylic acids is 1. The number of amides is 1. The molecule has 0 saturated carbocycles. The monoisotopic (exact) mass is 254 g/mol. The van der Waals surface area contributed by atoms with Crippen molar-refractivity contribution in [3.8, 4) is 0 Å². The lowest BCUT2D eigenvalue weighted by molar-refractivity contribution is -0.139. The van der Waals surface area contributed by atoms with E-state index in [1.165, 1.54) is 32.4 Å². The standard InChI is InChI=1S/C14H26N2O2/c1-12(2)18-11-14(17)16-9-5-6-13(10-16)15-7-3-4-8-15/h12-13H,3-11H2,1-2H3. The minimum absolute atomic E-state index is 0.133. The van der Waals surface area contributed by atoms with E-state index >= 15 is 0 Å². The number of rotatable bonds is 4. The van der Waals surface area contributed by atoms with E-state index in [-0.39, 0.29) is 18.6 Å². The van der Waals surface area contributed by atoms with Gasteiger partial charge in [0.25, 0.3) is 0 Å². The van der Waals surface area contributed by atoms with Gasteiger partial charge in [-0.1, -0.05) is 0 Å². The van der Waals surface area contributed by atoms with Crippen LogP contribution >= 0.6 is 0 Å². The Hall–Kier alpha value is -0.610. The Labute approximate surface area is 110 Å². The number of ether oxygens (including phenoxy) is 1. The van der Waals surface area contributed by atoms with E-state index in [2.05, 4.69) is 4.90 Å². The Kier molecular flexibility index (Phi) is 5.01. The molecule has 1 amide bonds. The van der Waals surface area contributed by atoms with Gasteiger partial charge < -0.3 is 9.64 Å². The highest BCUT2D eigenvalue weighted by Crippen LogP contribution is 2.20. The molecular weight excluding hydrogens is 228 g/mol. The Morgan fingerprint density at radius 2 is 1.94 bits per heavy atom. The number of nitrogens with zero attached hydrogens (tertiary/aromatic N) is 2. The molecule has 4 nitrogen and oxygen atoms in total. The lowest BCUT2D eigenvalue weighted by atomic mass is 10.0. The summed E-state index contributed by atoms with van der Waals surface area (Å²) in [5.74, 6) is 0.160.